The smallest absolute Gasteiger partial charge is 0.407 e. The van der Waals surface area contributed by atoms with E-state index in [1.807, 2.05) is 55.5 Å². The molecule has 0 spiro atoms. The van der Waals surface area contributed by atoms with Crippen molar-refractivity contribution in [2.75, 3.05) is 20.8 Å². The lowest BCUT2D eigenvalue weighted by atomic mass is 9.98. The van der Waals surface area contributed by atoms with Crippen LogP contribution < -0.4 is 19.2 Å². The first-order chi connectivity index (χ1) is 20.3. The number of fused-ring (bicyclic) bond motifs is 3. The second-order valence-electron chi connectivity index (χ2n) is 12.4. The van der Waals surface area contributed by atoms with Gasteiger partial charge in [0.1, 0.15) is 18.1 Å². The van der Waals surface area contributed by atoms with E-state index in [2.05, 4.69) is 51.3 Å². The number of methoxy groups -OCH3 is 2. The van der Waals surface area contributed by atoms with Crippen LogP contribution in [0, 0.1) is 18.3 Å². The number of carbonyl (C=O) groups is 1. The highest BCUT2D eigenvalue weighted by molar-refractivity contribution is 6.74. The van der Waals surface area contributed by atoms with Gasteiger partial charge in [-0.25, -0.2) is 4.79 Å². The minimum Gasteiger partial charge on any atom is -0.541 e. The molecule has 0 fully saturated rings. The van der Waals surface area contributed by atoms with Gasteiger partial charge in [0.15, 0.2) is 11.9 Å². The summed E-state index contributed by atoms with van der Waals surface area (Å²) in [5, 5.41) is 22.9. The molecule has 0 aromatic heterocycles. The standard InChI is InChI=1S/C34H42N2O6Si/c1-21-31(39-5)22(18-30(32(21)40-6)42-43(7,8)34(2,3)4)17-28(29(37)19-35)36-33(38)41-20-27-25-15-11-9-13-23(25)24-14-10-12-16-26(24)27/h9-16,18,27-29,37H,17,20H2,1-8H3,(H,36,38)/t28-,29?/m0/s1. The van der Waals surface area contributed by atoms with Gasteiger partial charge in [0, 0.05) is 23.5 Å². The van der Waals surface area contributed by atoms with E-state index in [-0.39, 0.29) is 24.0 Å². The predicted molar refractivity (Wildman–Crippen MR) is 169 cm³/mol. The number of nitrogens with one attached hydrogen (secondary N) is 1. The number of aliphatic hydroxyl groups is 1. The van der Waals surface area contributed by atoms with E-state index < -0.39 is 26.6 Å². The summed E-state index contributed by atoms with van der Waals surface area (Å²) in [5.41, 5.74) is 5.83. The Morgan fingerprint density at radius 3 is 2.09 bits per heavy atom. The van der Waals surface area contributed by atoms with Crippen molar-refractivity contribution < 1.29 is 28.5 Å². The van der Waals surface area contributed by atoms with Crippen molar-refractivity contribution in [3.63, 3.8) is 0 Å². The Morgan fingerprint density at radius 2 is 1.58 bits per heavy atom. The van der Waals surface area contributed by atoms with Gasteiger partial charge in [-0.15, -0.1) is 0 Å². The van der Waals surface area contributed by atoms with Gasteiger partial charge >= 0.3 is 6.09 Å². The zero-order valence-electron chi connectivity index (χ0n) is 26.3. The molecule has 1 aliphatic carbocycles. The second-order valence-corrected chi connectivity index (χ2v) is 17.2. The fourth-order valence-corrected chi connectivity index (χ4v) is 6.38. The van der Waals surface area contributed by atoms with Crippen LogP contribution in [-0.2, 0) is 11.2 Å². The third kappa shape index (κ3) is 6.51. The van der Waals surface area contributed by atoms with E-state index in [9.17, 15) is 15.2 Å². The Bertz CT molecular complexity index is 1480. The molecule has 0 heterocycles. The Balaban J connectivity index is 1.57. The van der Waals surface area contributed by atoms with Crippen LogP contribution in [0.1, 0.15) is 48.9 Å². The van der Waals surface area contributed by atoms with Gasteiger partial charge in [0.2, 0.25) is 0 Å². The molecular formula is C34H42N2O6Si. The zero-order valence-corrected chi connectivity index (χ0v) is 27.3. The van der Waals surface area contributed by atoms with Crippen molar-refractivity contribution in [3.8, 4) is 34.4 Å². The Labute approximate surface area is 255 Å². The van der Waals surface area contributed by atoms with Crippen LogP contribution in [-0.4, -0.2) is 52.5 Å². The number of alkyl carbamates (subject to hydrolysis) is 1. The summed E-state index contributed by atoms with van der Waals surface area (Å²) in [6, 6.07) is 18.9. The van der Waals surface area contributed by atoms with E-state index in [1.165, 1.54) is 0 Å². The Kier molecular flexibility index (Phi) is 9.43. The van der Waals surface area contributed by atoms with Crippen molar-refractivity contribution in [2.45, 2.75) is 70.3 Å². The molecule has 1 amide bonds. The van der Waals surface area contributed by atoms with Gasteiger partial charge in [-0.1, -0.05) is 69.3 Å². The Hall–Kier alpha value is -4.00. The minimum absolute atomic E-state index is 0.0583. The lowest BCUT2D eigenvalue weighted by Crippen LogP contribution is -2.45. The molecule has 0 saturated carbocycles. The normalized spacial score (nSPS) is 14.1. The molecular weight excluding hydrogens is 560 g/mol. The average Bonchev–Trinajstić information content (AvgIpc) is 3.28. The van der Waals surface area contributed by atoms with Gasteiger partial charge in [0.25, 0.3) is 8.32 Å². The highest BCUT2D eigenvalue weighted by atomic mass is 28.4. The second kappa shape index (κ2) is 12.7. The maximum Gasteiger partial charge on any atom is 0.407 e. The van der Waals surface area contributed by atoms with Gasteiger partial charge in [-0.3, -0.25) is 0 Å². The van der Waals surface area contributed by atoms with E-state index in [1.54, 1.807) is 14.2 Å². The summed E-state index contributed by atoms with van der Waals surface area (Å²) in [7, 11) is 0.886. The maximum atomic E-state index is 13.1. The summed E-state index contributed by atoms with van der Waals surface area (Å²) < 4.78 is 23.8. The topological polar surface area (TPSA) is 110 Å². The number of amides is 1. The summed E-state index contributed by atoms with van der Waals surface area (Å²) in [5.74, 6) is 1.54. The van der Waals surface area contributed by atoms with Gasteiger partial charge in [0.05, 0.1) is 26.3 Å². The van der Waals surface area contributed by atoms with Gasteiger partial charge in [-0.2, -0.15) is 5.26 Å². The quantitative estimate of drug-likeness (QED) is 0.196. The maximum absolute atomic E-state index is 13.1. The molecule has 43 heavy (non-hydrogen) atoms. The first-order valence-corrected chi connectivity index (χ1v) is 17.4. The van der Waals surface area contributed by atoms with E-state index in [0.717, 1.165) is 27.8 Å². The monoisotopic (exact) mass is 602 g/mol. The molecule has 3 aromatic carbocycles. The molecule has 9 heteroatoms. The number of hydrogen-bond donors (Lipinski definition) is 2. The van der Waals surface area contributed by atoms with Crippen LogP contribution in [0.25, 0.3) is 11.1 Å². The van der Waals surface area contributed by atoms with E-state index in [4.69, 9.17) is 18.6 Å². The summed E-state index contributed by atoms with van der Waals surface area (Å²) in [4.78, 5) is 13.1. The molecule has 0 aliphatic heterocycles. The molecule has 2 atom stereocenters. The van der Waals surface area contributed by atoms with Crippen molar-refractivity contribution in [2.24, 2.45) is 0 Å². The van der Waals surface area contributed by atoms with Crippen molar-refractivity contribution in [1.29, 1.82) is 5.26 Å². The molecule has 4 rings (SSSR count). The van der Waals surface area contributed by atoms with E-state index in [0.29, 0.717) is 22.8 Å². The number of nitrogens with zero attached hydrogens (tertiary/aromatic N) is 1. The van der Waals surface area contributed by atoms with Crippen LogP contribution in [0.4, 0.5) is 4.79 Å². The SMILES string of the molecule is COc1c(C[C@H](NC(=O)OCC2c3ccccc3-c3ccccc32)C(O)C#N)cc(O[Si](C)(C)C(C)(C)C)c(OC)c1C. The van der Waals surface area contributed by atoms with Crippen molar-refractivity contribution in [3.05, 3.63) is 76.9 Å². The fraction of sp³-hybridized carbons (Fsp3) is 0.412. The number of aliphatic hydroxyl groups excluding tert-OH is 1. The van der Waals surface area contributed by atoms with Crippen LogP contribution in [0.3, 0.4) is 0 Å². The molecule has 1 unspecified atom stereocenters. The summed E-state index contributed by atoms with van der Waals surface area (Å²) >= 11 is 0. The predicted octanol–water partition coefficient (Wildman–Crippen LogP) is 6.73. The van der Waals surface area contributed by atoms with Gasteiger partial charge in [-0.05, 0) is 53.4 Å². The molecule has 0 bridgehead atoms. The van der Waals surface area contributed by atoms with Crippen molar-refractivity contribution >= 4 is 14.4 Å². The molecule has 0 saturated heterocycles. The molecule has 3 aromatic rings. The number of ether oxygens (including phenoxy) is 3. The lowest BCUT2D eigenvalue weighted by Gasteiger charge is -2.37. The first-order valence-electron chi connectivity index (χ1n) is 14.5. The van der Waals surface area contributed by atoms with Crippen LogP contribution >= 0.6 is 0 Å². The van der Waals surface area contributed by atoms with E-state index >= 15 is 0 Å². The number of rotatable bonds is 10. The number of hydrogen-bond acceptors (Lipinski definition) is 7. The number of nitriles is 1. The first kappa shape index (κ1) is 31.9. The third-order valence-electron chi connectivity index (χ3n) is 8.68. The fourth-order valence-electron chi connectivity index (χ4n) is 5.37. The van der Waals surface area contributed by atoms with Crippen LogP contribution in [0.2, 0.25) is 18.1 Å². The molecule has 228 valence electrons. The highest BCUT2D eigenvalue weighted by Gasteiger charge is 2.40. The molecule has 2 N–H and O–H groups in total. The number of benzene rings is 3. The minimum atomic E-state index is -2.25. The largest absolute Gasteiger partial charge is 0.541 e. The summed E-state index contributed by atoms with van der Waals surface area (Å²) in [6.07, 6.45) is -2.11. The molecule has 1 aliphatic rings. The zero-order chi connectivity index (χ0) is 31.5. The van der Waals surface area contributed by atoms with Crippen LogP contribution in [0.5, 0.6) is 17.2 Å². The summed E-state index contributed by atoms with van der Waals surface area (Å²) in [6.45, 7) is 12.7. The number of carbonyl (C=O) groups excluding carboxylic acids is 1. The highest BCUT2D eigenvalue weighted by Crippen LogP contribution is 2.46. The molecule has 8 nitrogen and oxygen atoms in total. The van der Waals surface area contributed by atoms with Crippen LogP contribution in [0.15, 0.2) is 54.6 Å². The van der Waals surface area contributed by atoms with Gasteiger partial charge < -0.3 is 29.1 Å². The lowest BCUT2D eigenvalue weighted by molar-refractivity contribution is 0.122. The van der Waals surface area contributed by atoms with Crippen molar-refractivity contribution in [1.82, 2.24) is 5.32 Å². The average molecular weight is 603 g/mol. The molecule has 0 radical (unpaired) electrons. The third-order valence-corrected chi connectivity index (χ3v) is 13.0. The Morgan fingerprint density at radius 1 is 1.02 bits per heavy atom.